The molecule has 0 saturated carbocycles. The molecule has 2 N–H and O–H groups in total. The van der Waals surface area contributed by atoms with Gasteiger partial charge in [0.1, 0.15) is 0 Å². The molecule has 0 aromatic heterocycles. The van der Waals surface area contributed by atoms with Gasteiger partial charge >= 0.3 is 18.2 Å². The third-order valence-corrected chi connectivity index (χ3v) is 3.52. The minimum absolute atomic E-state index is 0.00355. The van der Waals surface area contributed by atoms with E-state index in [0.717, 1.165) is 6.07 Å². The average molecular weight is 327 g/mol. The fourth-order valence-electron chi connectivity index (χ4n) is 2.30. The number of amides is 2. The Morgan fingerprint density at radius 2 is 2.09 bits per heavy atom. The number of nitrogens with zero attached hydrogens (tertiary/aromatic N) is 2. The molecular weight excluding hydrogens is 315 g/mol. The Morgan fingerprint density at radius 3 is 2.61 bits per heavy atom. The molecule has 9 heteroatoms. The average Bonchev–Trinajstić information content (AvgIpc) is 2.96. The second kappa shape index (κ2) is 6.16. The van der Waals surface area contributed by atoms with Gasteiger partial charge in [-0.05, 0) is 24.6 Å². The van der Waals surface area contributed by atoms with E-state index < -0.39 is 35.2 Å². The summed E-state index contributed by atoms with van der Waals surface area (Å²) in [5.41, 5.74) is -1.79. The smallest absolute Gasteiger partial charge is 0.417 e. The van der Waals surface area contributed by atoms with E-state index in [9.17, 15) is 22.8 Å². The predicted octanol–water partition coefficient (Wildman–Crippen LogP) is 2.52. The highest BCUT2D eigenvalue weighted by Gasteiger charge is 2.34. The van der Waals surface area contributed by atoms with Crippen molar-refractivity contribution >= 4 is 17.7 Å². The first-order chi connectivity index (χ1) is 10.7. The van der Waals surface area contributed by atoms with Crippen molar-refractivity contribution < 1.29 is 27.9 Å². The molecule has 0 bridgehead atoms. The van der Waals surface area contributed by atoms with Gasteiger partial charge in [-0.1, -0.05) is 0 Å². The number of hydrogen-bond donors (Lipinski definition) is 2. The molecule has 1 saturated heterocycles. The van der Waals surface area contributed by atoms with E-state index in [2.05, 4.69) is 5.32 Å². The number of carboxylic acids is 1. The first-order valence-corrected chi connectivity index (χ1v) is 6.62. The van der Waals surface area contributed by atoms with Crippen LogP contribution in [0.1, 0.15) is 17.5 Å². The number of halogens is 3. The molecule has 0 aliphatic carbocycles. The van der Waals surface area contributed by atoms with Crippen LogP contribution in [0.3, 0.4) is 0 Å². The number of carboxylic acid groups (broad SMARTS) is 1. The number of aliphatic carboxylic acids is 1. The molecule has 1 aromatic carbocycles. The molecule has 2 amide bonds. The van der Waals surface area contributed by atoms with E-state index in [1.807, 2.05) is 0 Å². The Morgan fingerprint density at radius 1 is 1.39 bits per heavy atom. The van der Waals surface area contributed by atoms with Crippen molar-refractivity contribution in [3.8, 4) is 6.07 Å². The van der Waals surface area contributed by atoms with Crippen molar-refractivity contribution in [2.75, 3.05) is 18.4 Å². The summed E-state index contributed by atoms with van der Waals surface area (Å²) in [6.07, 6.45) is -4.42. The van der Waals surface area contributed by atoms with E-state index in [1.165, 1.54) is 17.0 Å². The molecule has 1 atom stereocenters. The molecule has 1 heterocycles. The van der Waals surface area contributed by atoms with Gasteiger partial charge in [-0.3, -0.25) is 4.79 Å². The van der Waals surface area contributed by atoms with Crippen LogP contribution in [0.25, 0.3) is 0 Å². The summed E-state index contributed by atoms with van der Waals surface area (Å²) < 4.78 is 38.6. The fourth-order valence-corrected chi connectivity index (χ4v) is 2.30. The fraction of sp³-hybridized carbons (Fsp3) is 0.357. The van der Waals surface area contributed by atoms with Gasteiger partial charge in [0, 0.05) is 18.8 Å². The summed E-state index contributed by atoms with van der Waals surface area (Å²) in [7, 11) is 0. The summed E-state index contributed by atoms with van der Waals surface area (Å²) in [6, 6.07) is 3.62. The molecule has 6 nitrogen and oxygen atoms in total. The first-order valence-electron chi connectivity index (χ1n) is 6.62. The number of anilines is 1. The molecule has 0 spiro atoms. The van der Waals surface area contributed by atoms with Gasteiger partial charge in [0.05, 0.1) is 23.1 Å². The second-order valence-corrected chi connectivity index (χ2v) is 5.07. The highest BCUT2D eigenvalue weighted by Crippen LogP contribution is 2.33. The number of alkyl halides is 3. The lowest BCUT2D eigenvalue weighted by atomic mass is 10.1. The van der Waals surface area contributed by atoms with Crippen LogP contribution in [0.4, 0.5) is 23.7 Å². The second-order valence-electron chi connectivity index (χ2n) is 5.07. The summed E-state index contributed by atoms with van der Waals surface area (Å²) in [4.78, 5) is 24.0. The van der Waals surface area contributed by atoms with Crippen molar-refractivity contribution in [1.29, 1.82) is 5.26 Å². The van der Waals surface area contributed by atoms with Gasteiger partial charge in [0.25, 0.3) is 0 Å². The Kier molecular flexibility index (Phi) is 4.45. The Labute approximate surface area is 129 Å². The highest BCUT2D eigenvalue weighted by molar-refractivity contribution is 5.90. The van der Waals surface area contributed by atoms with Gasteiger partial charge in [0.15, 0.2) is 0 Å². The lowest BCUT2D eigenvalue weighted by Gasteiger charge is -2.17. The van der Waals surface area contributed by atoms with Crippen molar-refractivity contribution in [3.05, 3.63) is 29.3 Å². The molecule has 2 rings (SSSR count). The highest BCUT2D eigenvalue weighted by atomic mass is 19.4. The van der Waals surface area contributed by atoms with Gasteiger partial charge in [-0.15, -0.1) is 0 Å². The van der Waals surface area contributed by atoms with Crippen LogP contribution in [0.5, 0.6) is 0 Å². The Balaban J connectivity index is 2.13. The standard InChI is InChI=1S/C14H12F3N3O3/c15-14(16,17)11-5-10(2-1-8(11)6-18)19-13(23)20-4-3-9(7-20)12(21)22/h1-2,5,9H,3-4,7H2,(H,19,23)(H,21,22). The van der Waals surface area contributed by atoms with Crippen LogP contribution < -0.4 is 5.32 Å². The van der Waals surface area contributed by atoms with Crippen LogP contribution in [0.15, 0.2) is 18.2 Å². The molecule has 0 radical (unpaired) electrons. The summed E-state index contributed by atoms with van der Waals surface area (Å²) in [5.74, 6) is -1.69. The maximum absolute atomic E-state index is 12.9. The van der Waals surface area contributed by atoms with Crippen LogP contribution in [0.2, 0.25) is 0 Å². The van der Waals surface area contributed by atoms with E-state index in [4.69, 9.17) is 10.4 Å². The number of hydrogen-bond acceptors (Lipinski definition) is 3. The molecule has 1 aromatic rings. The minimum atomic E-state index is -4.71. The molecule has 23 heavy (non-hydrogen) atoms. The number of carbonyl (C=O) groups excluding carboxylic acids is 1. The predicted molar refractivity (Wildman–Crippen MR) is 72.5 cm³/mol. The van der Waals surface area contributed by atoms with E-state index >= 15 is 0 Å². The van der Waals surface area contributed by atoms with Gasteiger partial charge in [-0.25, -0.2) is 4.79 Å². The van der Waals surface area contributed by atoms with Gasteiger partial charge in [-0.2, -0.15) is 18.4 Å². The lowest BCUT2D eigenvalue weighted by Crippen LogP contribution is -2.33. The van der Waals surface area contributed by atoms with Crippen LogP contribution in [0, 0.1) is 17.2 Å². The largest absolute Gasteiger partial charge is 0.481 e. The van der Waals surface area contributed by atoms with Gasteiger partial charge in [0.2, 0.25) is 0 Å². The van der Waals surface area contributed by atoms with E-state index in [0.29, 0.717) is 12.5 Å². The maximum Gasteiger partial charge on any atom is 0.417 e. The minimum Gasteiger partial charge on any atom is -0.481 e. The van der Waals surface area contributed by atoms with E-state index in [-0.39, 0.29) is 18.8 Å². The zero-order valence-corrected chi connectivity index (χ0v) is 11.7. The van der Waals surface area contributed by atoms with Gasteiger partial charge < -0.3 is 15.3 Å². The van der Waals surface area contributed by atoms with Crippen LogP contribution in [-0.2, 0) is 11.0 Å². The van der Waals surface area contributed by atoms with E-state index in [1.54, 1.807) is 0 Å². The number of carbonyl (C=O) groups is 2. The molecule has 1 unspecified atom stereocenters. The van der Waals surface area contributed by atoms with Crippen molar-refractivity contribution in [2.24, 2.45) is 5.92 Å². The number of benzene rings is 1. The monoisotopic (exact) mass is 327 g/mol. The molecule has 1 aliphatic heterocycles. The maximum atomic E-state index is 12.9. The zero-order valence-electron chi connectivity index (χ0n) is 11.7. The summed E-state index contributed by atoms with van der Waals surface area (Å²) in [5, 5.41) is 19.9. The van der Waals surface area contributed by atoms with Crippen molar-refractivity contribution in [3.63, 3.8) is 0 Å². The van der Waals surface area contributed by atoms with Crippen molar-refractivity contribution in [2.45, 2.75) is 12.6 Å². The number of nitrogens with one attached hydrogen (secondary N) is 1. The lowest BCUT2D eigenvalue weighted by molar-refractivity contribution is -0.141. The first kappa shape index (κ1) is 16.6. The van der Waals surface area contributed by atoms with Crippen molar-refractivity contribution in [1.82, 2.24) is 4.90 Å². The Bertz CT molecular complexity index is 682. The molecule has 1 aliphatic rings. The van der Waals surface area contributed by atoms with Crippen LogP contribution in [-0.4, -0.2) is 35.1 Å². The zero-order chi connectivity index (χ0) is 17.2. The number of likely N-dealkylation sites (tertiary alicyclic amines) is 1. The Hall–Kier alpha value is -2.76. The summed E-state index contributed by atoms with van der Waals surface area (Å²) in [6.45, 7) is 0.217. The molecular formula is C14H12F3N3O3. The number of rotatable bonds is 2. The summed E-state index contributed by atoms with van der Waals surface area (Å²) >= 11 is 0. The van der Waals surface area contributed by atoms with Crippen LogP contribution >= 0.6 is 0 Å². The normalized spacial score (nSPS) is 17.7. The number of nitriles is 1. The molecule has 122 valence electrons. The third-order valence-electron chi connectivity index (χ3n) is 3.52. The third kappa shape index (κ3) is 3.71. The molecule has 1 fully saturated rings. The SMILES string of the molecule is N#Cc1ccc(NC(=O)N2CCC(C(=O)O)C2)cc1C(F)(F)F. The topological polar surface area (TPSA) is 93.4 Å². The quantitative estimate of drug-likeness (QED) is 0.873. The number of urea groups is 1.